The van der Waals surface area contributed by atoms with E-state index < -0.39 is 48.0 Å². The zero-order valence-electron chi connectivity index (χ0n) is 9.82. The molecule has 0 amide bonds. The molecule has 0 heterocycles. The number of nitrogens with zero attached hydrogens (tertiary/aromatic N) is 2. The van der Waals surface area contributed by atoms with Gasteiger partial charge in [0.2, 0.25) is 0 Å². The Morgan fingerprint density at radius 3 is 2.45 bits per heavy atom. The van der Waals surface area contributed by atoms with Gasteiger partial charge in [-0.15, -0.1) is 0 Å². The van der Waals surface area contributed by atoms with Crippen LogP contribution in [0.5, 0.6) is 0 Å². The minimum atomic E-state index is -4.64. The highest BCUT2D eigenvalue weighted by Crippen LogP contribution is 2.33. The minimum Gasteiger partial charge on any atom is -0.395 e. The first-order valence-corrected chi connectivity index (χ1v) is 6.29. The molecule has 0 unspecified atom stereocenters. The van der Waals surface area contributed by atoms with Crippen molar-refractivity contribution in [1.29, 1.82) is 0 Å². The molecule has 1 aromatic carbocycles. The van der Waals surface area contributed by atoms with Gasteiger partial charge in [-0.3, -0.25) is 10.1 Å². The van der Waals surface area contributed by atoms with Crippen LogP contribution in [0.2, 0.25) is 0 Å². The standard InChI is InChI=1S/C10H9F4IN2O3/c11-6-3-8(9(17(19)20)4-7(6)15)16(1-2-18)5-10(12,13)14/h3-4,18H,1-2,5H2. The molecule has 0 bridgehead atoms. The van der Waals surface area contributed by atoms with Crippen molar-refractivity contribution in [2.45, 2.75) is 6.18 Å². The molecule has 1 rings (SSSR count). The van der Waals surface area contributed by atoms with Crippen LogP contribution in [0.25, 0.3) is 0 Å². The number of hydrogen-bond donors (Lipinski definition) is 1. The number of aliphatic hydroxyl groups is 1. The maximum Gasteiger partial charge on any atom is 0.405 e. The molecule has 0 spiro atoms. The van der Waals surface area contributed by atoms with Gasteiger partial charge in [0.15, 0.2) is 0 Å². The van der Waals surface area contributed by atoms with Crippen LogP contribution >= 0.6 is 22.6 Å². The Morgan fingerprint density at radius 1 is 1.40 bits per heavy atom. The lowest BCUT2D eigenvalue weighted by atomic mass is 10.2. The van der Waals surface area contributed by atoms with Gasteiger partial charge in [-0.25, -0.2) is 4.39 Å². The fourth-order valence-corrected chi connectivity index (χ4v) is 2.00. The van der Waals surface area contributed by atoms with Gasteiger partial charge in [-0.2, -0.15) is 13.2 Å². The molecule has 1 N–H and O–H groups in total. The Kier molecular flexibility index (Phi) is 5.50. The van der Waals surface area contributed by atoms with Crippen LogP contribution in [0, 0.1) is 19.5 Å². The summed E-state index contributed by atoms with van der Waals surface area (Å²) in [4.78, 5) is 10.5. The van der Waals surface area contributed by atoms with E-state index >= 15 is 0 Å². The average Bonchev–Trinajstić information content (AvgIpc) is 2.29. The van der Waals surface area contributed by atoms with E-state index in [1.54, 1.807) is 0 Å². The predicted molar refractivity (Wildman–Crippen MR) is 71.1 cm³/mol. The number of nitro groups is 1. The monoisotopic (exact) mass is 408 g/mol. The van der Waals surface area contributed by atoms with E-state index in [0.717, 1.165) is 6.07 Å². The lowest BCUT2D eigenvalue weighted by Gasteiger charge is -2.25. The van der Waals surface area contributed by atoms with Gasteiger partial charge in [0.1, 0.15) is 18.0 Å². The summed E-state index contributed by atoms with van der Waals surface area (Å²) < 4.78 is 50.7. The van der Waals surface area contributed by atoms with Crippen LogP contribution in [-0.2, 0) is 0 Å². The van der Waals surface area contributed by atoms with Crippen molar-refractivity contribution in [1.82, 2.24) is 0 Å². The highest BCUT2D eigenvalue weighted by atomic mass is 127. The van der Waals surface area contributed by atoms with Crippen molar-refractivity contribution in [3.8, 4) is 0 Å². The molecule has 20 heavy (non-hydrogen) atoms. The van der Waals surface area contributed by atoms with Crippen molar-refractivity contribution >= 4 is 34.0 Å². The van der Waals surface area contributed by atoms with Crippen molar-refractivity contribution in [3.05, 3.63) is 31.6 Å². The zero-order chi connectivity index (χ0) is 15.5. The number of halogens is 5. The van der Waals surface area contributed by atoms with Gasteiger partial charge in [-0.05, 0) is 22.6 Å². The van der Waals surface area contributed by atoms with E-state index in [4.69, 9.17) is 5.11 Å². The number of rotatable bonds is 5. The first-order valence-electron chi connectivity index (χ1n) is 5.21. The third-order valence-corrected chi connectivity index (χ3v) is 3.12. The van der Waals surface area contributed by atoms with E-state index in [0.29, 0.717) is 11.0 Å². The maximum absolute atomic E-state index is 13.5. The lowest BCUT2D eigenvalue weighted by Crippen LogP contribution is -2.36. The van der Waals surface area contributed by atoms with E-state index in [-0.39, 0.29) is 3.57 Å². The van der Waals surface area contributed by atoms with Crippen LogP contribution in [0.3, 0.4) is 0 Å². The molecular formula is C10H9F4IN2O3. The molecule has 0 aliphatic heterocycles. The summed E-state index contributed by atoms with van der Waals surface area (Å²) in [6.07, 6.45) is -4.64. The average molecular weight is 408 g/mol. The summed E-state index contributed by atoms with van der Waals surface area (Å²) >= 11 is 1.50. The first kappa shape index (κ1) is 16.9. The Bertz CT molecular complexity index is 510. The summed E-state index contributed by atoms with van der Waals surface area (Å²) in [6, 6.07) is 1.52. The number of anilines is 1. The maximum atomic E-state index is 13.5. The van der Waals surface area contributed by atoms with Gasteiger partial charge in [-0.1, -0.05) is 0 Å². The molecule has 0 aliphatic rings. The minimum absolute atomic E-state index is 0.0750. The molecule has 0 radical (unpaired) electrons. The molecule has 0 fully saturated rings. The second kappa shape index (κ2) is 6.52. The Morgan fingerprint density at radius 2 is 2.00 bits per heavy atom. The number of alkyl halides is 3. The molecule has 1 aromatic rings. The third-order valence-electron chi connectivity index (χ3n) is 2.29. The SMILES string of the molecule is O=[N+]([O-])c1cc(I)c(F)cc1N(CCO)CC(F)(F)F. The number of benzene rings is 1. The highest BCUT2D eigenvalue weighted by Gasteiger charge is 2.33. The van der Waals surface area contributed by atoms with Gasteiger partial charge in [0.25, 0.3) is 5.69 Å². The van der Waals surface area contributed by atoms with E-state index in [9.17, 15) is 27.7 Å². The summed E-state index contributed by atoms with van der Waals surface area (Å²) in [6.45, 7) is -2.67. The van der Waals surface area contributed by atoms with Gasteiger partial charge in [0.05, 0.1) is 15.1 Å². The van der Waals surface area contributed by atoms with Gasteiger partial charge in [0, 0.05) is 18.7 Å². The van der Waals surface area contributed by atoms with E-state index in [1.807, 2.05) is 0 Å². The second-order valence-corrected chi connectivity index (χ2v) is 4.93. The zero-order valence-corrected chi connectivity index (χ0v) is 12.0. The van der Waals surface area contributed by atoms with Crippen molar-refractivity contribution < 1.29 is 27.6 Å². The fourth-order valence-electron chi connectivity index (χ4n) is 1.55. The quantitative estimate of drug-likeness (QED) is 0.352. The first-order chi connectivity index (χ1) is 9.15. The molecule has 0 aromatic heterocycles. The van der Waals surface area contributed by atoms with Crippen LogP contribution < -0.4 is 4.90 Å². The molecule has 112 valence electrons. The molecule has 10 heteroatoms. The van der Waals surface area contributed by atoms with Crippen molar-refractivity contribution in [3.63, 3.8) is 0 Å². The van der Waals surface area contributed by atoms with Gasteiger partial charge < -0.3 is 10.0 Å². The van der Waals surface area contributed by atoms with Crippen LogP contribution in [0.15, 0.2) is 12.1 Å². The fraction of sp³-hybridized carbons (Fsp3) is 0.400. The Hall–Kier alpha value is -1.17. The van der Waals surface area contributed by atoms with Crippen LogP contribution in [-0.4, -0.2) is 35.9 Å². The van der Waals surface area contributed by atoms with Gasteiger partial charge >= 0.3 is 6.18 Å². The predicted octanol–water partition coefficient (Wildman–Crippen LogP) is 2.70. The third kappa shape index (κ3) is 4.44. The molecular weight excluding hydrogens is 399 g/mol. The van der Waals surface area contributed by atoms with E-state index in [1.165, 1.54) is 22.6 Å². The summed E-state index contributed by atoms with van der Waals surface area (Å²) in [7, 11) is 0. The normalized spacial score (nSPS) is 11.5. The second-order valence-electron chi connectivity index (χ2n) is 3.77. The van der Waals surface area contributed by atoms with Crippen molar-refractivity contribution in [2.24, 2.45) is 0 Å². The lowest BCUT2D eigenvalue weighted by molar-refractivity contribution is -0.384. The van der Waals surface area contributed by atoms with Crippen LogP contribution in [0.4, 0.5) is 28.9 Å². The topological polar surface area (TPSA) is 66.6 Å². The van der Waals surface area contributed by atoms with Crippen LogP contribution in [0.1, 0.15) is 0 Å². The smallest absolute Gasteiger partial charge is 0.395 e. The number of aliphatic hydroxyl groups excluding tert-OH is 1. The molecule has 0 atom stereocenters. The van der Waals surface area contributed by atoms with E-state index in [2.05, 4.69) is 0 Å². The van der Waals surface area contributed by atoms with Crippen molar-refractivity contribution in [2.75, 3.05) is 24.6 Å². The largest absolute Gasteiger partial charge is 0.405 e. The molecule has 0 saturated carbocycles. The molecule has 0 aliphatic carbocycles. The summed E-state index contributed by atoms with van der Waals surface area (Å²) in [5, 5.41) is 19.6. The summed E-state index contributed by atoms with van der Waals surface area (Å²) in [5.74, 6) is -0.865. The Balaban J connectivity index is 3.31. The molecule has 5 nitrogen and oxygen atoms in total. The number of nitro benzene ring substituents is 1. The highest BCUT2D eigenvalue weighted by molar-refractivity contribution is 14.1. The number of hydrogen-bond acceptors (Lipinski definition) is 4. The summed E-state index contributed by atoms with van der Waals surface area (Å²) in [5.41, 5.74) is -1.16. The Labute approximate surface area is 124 Å². The molecule has 0 saturated heterocycles.